The number of hydrogen-bond donors (Lipinski definition) is 2. The van der Waals surface area contributed by atoms with Crippen LogP contribution in [-0.4, -0.2) is 26.6 Å². The monoisotopic (exact) mass is 350 g/mol. The lowest BCUT2D eigenvalue weighted by atomic mass is 10.1. The van der Waals surface area contributed by atoms with Gasteiger partial charge in [-0.1, -0.05) is 13.8 Å². The standard InChI is InChI=1S/C15H18N4O6/c1-8(6-10-13(14(20)21)15(10,2)3)16-17-11-5-4-9(18(22)23)7-12(11)19(24)25/h4-5,7,10,13,17H,6H2,1-3H3,(H,20,21)/t10-,13+/m1/s1. The molecule has 25 heavy (non-hydrogen) atoms. The molecule has 0 saturated heterocycles. The van der Waals surface area contributed by atoms with Crippen molar-refractivity contribution >= 4 is 28.7 Å². The molecular weight excluding hydrogens is 332 g/mol. The molecule has 2 atom stereocenters. The molecule has 1 aliphatic carbocycles. The zero-order valence-electron chi connectivity index (χ0n) is 13.9. The molecule has 0 bridgehead atoms. The van der Waals surface area contributed by atoms with E-state index >= 15 is 0 Å². The number of non-ortho nitro benzene ring substituents is 1. The summed E-state index contributed by atoms with van der Waals surface area (Å²) in [5, 5.41) is 35.0. The van der Waals surface area contributed by atoms with Gasteiger partial charge in [-0.15, -0.1) is 0 Å². The first kappa shape index (κ1) is 18.3. The van der Waals surface area contributed by atoms with Crippen molar-refractivity contribution in [3.63, 3.8) is 0 Å². The largest absolute Gasteiger partial charge is 0.481 e. The number of nitrogens with one attached hydrogen (secondary N) is 1. The summed E-state index contributed by atoms with van der Waals surface area (Å²) in [5.41, 5.74) is 2.00. The van der Waals surface area contributed by atoms with E-state index in [0.717, 1.165) is 12.1 Å². The minimum absolute atomic E-state index is 0.0276. The Bertz CT molecular complexity index is 773. The molecule has 1 aromatic carbocycles. The fourth-order valence-electron chi connectivity index (χ4n) is 3.01. The van der Waals surface area contributed by atoms with Crippen molar-refractivity contribution in [2.24, 2.45) is 22.4 Å². The van der Waals surface area contributed by atoms with Crippen molar-refractivity contribution in [2.45, 2.75) is 27.2 Å². The molecule has 0 unspecified atom stereocenters. The first-order chi connectivity index (χ1) is 11.6. The van der Waals surface area contributed by atoms with Crippen molar-refractivity contribution in [1.29, 1.82) is 0 Å². The molecule has 0 spiro atoms. The van der Waals surface area contributed by atoms with Crippen molar-refractivity contribution in [1.82, 2.24) is 0 Å². The number of aliphatic carboxylic acids is 1. The van der Waals surface area contributed by atoms with Gasteiger partial charge >= 0.3 is 11.7 Å². The number of benzene rings is 1. The van der Waals surface area contributed by atoms with Crippen LogP contribution in [0.1, 0.15) is 27.2 Å². The summed E-state index contributed by atoms with van der Waals surface area (Å²) < 4.78 is 0. The number of hydrogen-bond acceptors (Lipinski definition) is 7. The van der Waals surface area contributed by atoms with Gasteiger partial charge in [0, 0.05) is 11.8 Å². The molecule has 0 aliphatic heterocycles. The van der Waals surface area contributed by atoms with Crippen molar-refractivity contribution in [2.75, 3.05) is 5.43 Å². The molecule has 0 heterocycles. The molecule has 134 valence electrons. The second-order valence-corrected chi connectivity index (χ2v) is 6.62. The maximum Gasteiger partial charge on any atom is 0.307 e. The van der Waals surface area contributed by atoms with Gasteiger partial charge in [0.2, 0.25) is 0 Å². The fraction of sp³-hybridized carbons (Fsp3) is 0.467. The number of nitro groups is 2. The van der Waals surface area contributed by atoms with Gasteiger partial charge in [-0.3, -0.25) is 30.4 Å². The fourth-order valence-corrected chi connectivity index (χ4v) is 3.01. The third kappa shape index (κ3) is 3.73. The maximum absolute atomic E-state index is 11.2. The zero-order valence-corrected chi connectivity index (χ0v) is 13.9. The van der Waals surface area contributed by atoms with E-state index in [-0.39, 0.29) is 22.7 Å². The highest BCUT2D eigenvalue weighted by Crippen LogP contribution is 2.60. The number of nitro benzene ring substituents is 2. The molecule has 1 fully saturated rings. The van der Waals surface area contributed by atoms with E-state index in [1.54, 1.807) is 6.92 Å². The van der Waals surface area contributed by atoms with Gasteiger partial charge in [-0.25, -0.2) is 0 Å². The van der Waals surface area contributed by atoms with Gasteiger partial charge in [-0.05, 0) is 30.7 Å². The Morgan fingerprint density at radius 3 is 2.44 bits per heavy atom. The van der Waals surface area contributed by atoms with Gasteiger partial charge in [0.15, 0.2) is 0 Å². The van der Waals surface area contributed by atoms with Crippen LogP contribution in [0.15, 0.2) is 23.3 Å². The number of carboxylic acid groups (broad SMARTS) is 1. The third-order valence-electron chi connectivity index (χ3n) is 4.59. The highest BCUT2D eigenvalue weighted by Gasteiger charge is 2.61. The molecule has 0 radical (unpaired) electrons. The number of nitrogens with zero attached hydrogens (tertiary/aromatic N) is 3. The molecule has 0 aromatic heterocycles. The summed E-state index contributed by atoms with van der Waals surface area (Å²) in [7, 11) is 0. The van der Waals surface area contributed by atoms with Crippen molar-refractivity contribution < 1.29 is 19.7 Å². The first-order valence-corrected chi connectivity index (χ1v) is 7.50. The third-order valence-corrected chi connectivity index (χ3v) is 4.59. The van der Waals surface area contributed by atoms with Crippen LogP contribution in [0, 0.1) is 37.5 Å². The van der Waals surface area contributed by atoms with Gasteiger partial charge in [0.25, 0.3) is 5.69 Å². The second-order valence-electron chi connectivity index (χ2n) is 6.62. The van der Waals surface area contributed by atoms with E-state index < -0.39 is 27.4 Å². The predicted molar refractivity (Wildman–Crippen MR) is 89.5 cm³/mol. The zero-order chi connectivity index (χ0) is 18.9. The van der Waals surface area contributed by atoms with Crippen LogP contribution in [0.2, 0.25) is 0 Å². The van der Waals surface area contributed by atoms with Crippen LogP contribution >= 0.6 is 0 Å². The number of anilines is 1. The normalized spacial score (nSPS) is 21.5. The van der Waals surface area contributed by atoms with Gasteiger partial charge in [0.1, 0.15) is 5.69 Å². The molecule has 1 aliphatic rings. The Kier molecular flexibility index (Phi) is 4.73. The molecule has 1 saturated carbocycles. The number of carbonyl (C=O) groups is 1. The Hall–Kier alpha value is -3.04. The number of hydrazone groups is 1. The molecular formula is C15H18N4O6. The van der Waals surface area contributed by atoms with Crippen molar-refractivity contribution in [3.8, 4) is 0 Å². The highest BCUT2D eigenvalue weighted by atomic mass is 16.6. The van der Waals surface area contributed by atoms with Crippen LogP contribution < -0.4 is 5.43 Å². The topological polar surface area (TPSA) is 148 Å². The summed E-state index contributed by atoms with van der Waals surface area (Å²) in [4.78, 5) is 31.5. The molecule has 1 aromatic rings. The van der Waals surface area contributed by atoms with Gasteiger partial charge in [0.05, 0.1) is 21.8 Å². The van der Waals surface area contributed by atoms with E-state index in [4.69, 9.17) is 5.11 Å². The summed E-state index contributed by atoms with van der Waals surface area (Å²) in [6.45, 7) is 5.44. The minimum Gasteiger partial charge on any atom is -0.481 e. The number of carboxylic acids is 1. The van der Waals surface area contributed by atoms with Crippen LogP contribution in [0.3, 0.4) is 0 Å². The van der Waals surface area contributed by atoms with Crippen LogP contribution in [0.25, 0.3) is 0 Å². The SMILES string of the molecule is CC(C[C@@H]1[C@@H](C(=O)O)C1(C)C)=NNc1ccc([N+](=O)[O-])cc1[N+](=O)[O-]. The Morgan fingerprint density at radius 1 is 1.32 bits per heavy atom. The summed E-state index contributed by atoms with van der Waals surface area (Å²) >= 11 is 0. The lowest BCUT2D eigenvalue weighted by Crippen LogP contribution is -2.05. The average molecular weight is 350 g/mol. The second kappa shape index (κ2) is 6.46. The van der Waals surface area contributed by atoms with Gasteiger partial charge in [-0.2, -0.15) is 5.10 Å². The van der Waals surface area contributed by atoms with Crippen molar-refractivity contribution in [3.05, 3.63) is 38.4 Å². The molecule has 10 nitrogen and oxygen atoms in total. The number of rotatable bonds is 7. The lowest BCUT2D eigenvalue weighted by Gasteiger charge is -2.05. The quantitative estimate of drug-likeness (QED) is 0.436. The Morgan fingerprint density at radius 2 is 1.96 bits per heavy atom. The van der Waals surface area contributed by atoms with E-state index in [1.807, 2.05) is 13.8 Å². The predicted octanol–water partition coefficient (Wildman–Crippen LogP) is 3.04. The van der Waals surface area contributed by atoms with Crippen LogP contribution in [-0.2, 0) is 4.79 Å². The van der Waals surface area contributed by atoms with E-state index in [2.05, 4.69) is 10.5 Å². The summed E-state index contributed by atoms with van der Waals surface area (Å²) in [5.74, 6) is -1.34. The highest BCUT2D eigenvalue weighted by molar-refractivity contribution is 5.86. The van der Waals surface area contributed by atoms with E-state index in [1.165, 1.54) is 6.07 Å². The smallest absolute Gasteiger partial charge is 0.307 e. The minimum atomic E-state index is -0.846. The van der Waals surface area contributed by atoms with E-state index in [0.29, 0.717) is 12.1 Å². The van der Waals surface area contributed by atoms with Gasteiger partial charge < -0.3 is 5.11 Å². The Balaban J connectivity index is 2.12. The first-order valence-electron chi connectivity index (χ1n) is 7.50. The molecule has 0 amide bonds. The molecule has 2 N–H and O–H groups in total. The van der Waals surface area contributed by atoms with Crippen LogP contribution in [0.4, 0.5) is 17.1 Å². The molecule has 10 heteroatoms. The Labute approximate surface area is 142 Å². The lowest BCUT2D eigenvalue weighted by molar-refractivity contribution is -0.393. The summed E-state index contributed by atoms with van der Waals surface area (Å²) in [6, 6.07) is 3.22. The van der Waals surface area contributed by atoms with Crippen LogP contribution in [0.5, 0.6) is 0 Å². The summed E-state index contributed by atoms with van der Waals surface area (Å²) in [6.07, 6.45) is 0.442. The van der Waals surface area contributed by atoms with E-state index in [9.17, 15) is 25.0 Å². The average Bonchev–Trinajstić information content (AvgIpc) is 3.05. The maximum atomic E-state index is 11.2. The molecule has 2 rings (SSSR count).